The van der Waals surface area contributed by atoms with Crippen LogP contribution in [0, 0.1) is 16.7 Å². The molecule has 0 bridgehead atoms. The number of sulfonamides is 1. The number of benzene rings is 1. The summed E-state index contributed by atoms with van der Waals surface area (Å²) in [5.74, 6) is -0.559. The van der Waals surface area contributed by atoms with Crippen molar-refractivity contribution in [2.75, 3.05) is 20.8 Å². The number of amides is 1. The Morgan fingerprint density at radius 1 is 1.39 bits per heavy atom. The Hall–Kier alpha value is -2.11. The SMILES string of the molecule is COCC1(C(=O)NS(=O)(=O)c2ccc(C#N)cc2OC)CCC1. The summed E-state index contributed by atoms with van der Waals surface area (Å²) < 4.78 is 37.1. The summed E-state index contributed by atoms with van der Waals surface area (Å²) in [6, 6.07) is 5.82. The quantitative estimate of drug-likeness (QED) is 0.835. The van der Waals surface area contributed by atoms with E-state index in [2.05, 4.69) is 4.72 Å². The molecule has 0 spiro atoms. The van der Waals surface area contributed by atoms with Gasteiger partial charge in [-0.15, -0.1) is 0 Å². The lowest BCUT2D eigenvalue weighted by atomic mass is 9.69. The molecule has 1 amide bonds. The summed E-state index contributed by atoms with van der Waals surface area (Å²) in [6.45, 7) is 0.179. The van der Waals surface area contributed by atoms with Crippen LogP contribution in [0.15, 0.2) is 23.1 Å². The van der Waals surface area contributed by atoms with Crippen molar-refractivity contribution in [2.24, 2.45) is 5.41 Å². The van der Waals surface area contributed by atoms with Gasteiger partial charge in [-0.3, -0.25) is 4.79 Å². The van der Waals surface area contributed by atoms with Gasteiger partial charge in [-0.05, 0) is 31.0 Å². The van der Waals surface area contributed by atoms with Gasteiger partial charge in [-0.2, -0.15) is 5.26 Å². The Morgan fingerprint density at radius 3 is 2.57 bits per heavy atom. The zero-order chi connectivity index (χ0) is 17.1. The first-order valence-corrected chi connectivity index (χ1v) is 8.51. The van der Waals surface area contributed by atoms with E-state index in [0.29, 0.717) is 12.8 Å². The number of ether oxygens (including phenoxy) is 2. The van der Waals surface area contributed by atoms with Crippen molar-refractivity contribution in [3.63, 3.8) is 0 Å². The minimum Gasteiger partial charge on any atom is -0.495 e. The first kappa shape index (κ1) is 17.2. The number of carbonyl (C=O) groups excluding carboxylic acids is 1. The van der Waals surface area contributed by atoms with Crippen LogP contribution >= 0.6 is 0 Å². The van der Waals surface area contributed by atoms with Crippen LogP contribution in [0.25, 0.3) is 0 Å². The smallest absolute Gasteiger partial charge is 0.267 e. The van der Waals surface area contributed by atoms with Crippen LogP contribution in [0.3, 0.4) is 0 Å². The van der Waals surface area contributed by atoms with Gasteiger partial charge in [0.05, 0.1) is 30.8 Å². The third-order valence-electron chi connectivity index (χ3n) is 4.02. The van der Waals surface area contributed by atoms with Crippen molar-refractivity contribution in [1.82, 2.24) is 4.72 Å². The summed E-state index contributed by atoms with van der Waals surface area (Å²) in [7, 11) is -1.32. The van der Waals surface area contributed by atoms with E-state index in [9.17, 15) is 13.2 Å². The highest BCUT2D eigenvalue weighted by Crippen LogP contribution is 2.41. The number of carbonyl (C=O) groups is 1. The molecule has 1 fully saturated rings. The second kappa shape index (κ2) is 6.56. The fraction of sp³-hybridized carbons (Fsp3) is 0.467. The summed E-state index contributed by atoms with van der Waals surface area (Å²) in [6.07, 6.45) is 2.04. The molecule has 0 atom stereocenters. The molecule has 0 heterocycles. The third-order valence-corrected chi connectivity index (χ3v) is 5.39. The number of rotatable bonds is 6. The number of hydrogen-bond donors (Lipinski definition) is 1. The highest BCUT2D eigenvalue weighted by atomic mass is 32.2. The Bertz CT molecular complexity index is 748. The van der Waals surface area contributed by atoms with E-state index in [1.165, 1.54) is 32.4 Å². The van der Waals surface area contributed by atoms with Gasteiger partial charge in [0, 0.05) is 7.11 Å². The average molecular weight is 338 g/mol. The fourth-order valence-corrected chi connectivity index (χ4v) is 3.79. The van der Waals surface area contributed by atoms with Crippen molar-refractivity contribution < 1.29 is 22.7 Å². The van der Waals surface area contributed by atoms with Crippen LogP contribution in [-0.2, 0) is 19.6 Å². The van der Waals surface area contributed by atoms with Crippen LogP contribution in [0.4, 0.5) is 0 Å². The minimum atomic E-state index is -4.09. The van der Waals surface area contributed by atoms with E-state index < -0.39 is 21.3 Å². The Morgan fingerprint density at radius 2 is 2.09 bits per heavy atom. The Kier molecular flexibility index (Phi) is 4.92. The minimum absolute atomic E-state index is 0.0127. The van der Waals surface area contributed by atoms with Crippen molar-refractivity contribution in [3.05, 3.63) is 23.8 Å². The summed E-state index contributed by atoms with van der Waals surface area (Å²) >= 11 is 0. The van der Waals surface area contributed by atoms with E-state index in [0.717, 1.165) is 6.42 Å². The number of nitrogens with zero attached hydrogens (tertiary/aromatic N) is 1. The van der Waals surface area contributed by atoms with Crippen molar-refractivity contribution in [1.29, 1.82) is 5.26 Å². The van der Waals surface area contributed by atoms with Gasteiger partial charge in [0.25, 0.3) is 10.0 Å². The summed E-state index contributed by atoms with van der Waals surface area (Å²) in [5, 5.41) is 8.86. The molecule has 1 aliphatic carbocycles. The second-order valence-corrected chi connectivity index (χ2v) is 7.13. The molecule has 0 aromatic heterocycles. The van der Waals surface area contributed by atoms with Crippen molar-refractivity contribution in [3.8, 4) is 11.8 Å². The third kappa shape index (κ3) is 3.30. The lowest BCUT2D eigenvalue weighted by Gasteiger charge is -2.39. The molecule has 1 saturated carbocycles. The molecule has 0 radical (unpaired) electrons. The lowest BCUT2D eigenvalue weighted by molar-refractivity contribution is -0.138. The molecule has 8 heteroatoms. The molecule has 0 unspecified atom stereocenters. The second-order valence-electron chi connectivity index (χ2n) is 5.48. The average Bonchev–Trinajstić information content (AvgIpc) is 2.49. The zero-order valence-electron chi connectivity index (χ0n) is 13.0. The molecular formula is C15H18N2O5S. The highest BCUT2D eigenvalue weighted by molar-refractivity contribution is 7.90. The van der Waals surface area contributed by atoms with Crippen LogP contribution in [-0.4, -0.2) is 35.2 Å². The molecule has 1 aliphatic rings. The number of nitrogens with one attached hydrogen (secondary N) is 1. The topological polar surface area (TPSA) is 105 Å². The fourth-order valence-electron chi connectivity index (χ4n) is 2.56. The lowest BCUT2D eigenvalue weighted by Crippen LogP contribution is -2.50. The van der Waals surface area contributed by atoms with E-state index >= 15 is 0 Å². The normalized spacial score (nSPS) is 16.0. The number of methoxy groups -OCH3 is 2. The predicted molar refractivity (Wildman–Crippen MR) is 81.2 cm³/mol. The monoisotopic (exact) mass is 338 g/mol. The molecular weight excluding hydrogens is 320 g/mol. The van der Waals surface area contributed by atoms with Crippen LogP contribution in [0.5, 0.6) is 5.75 Å². The standard InChI is InChI=1S/C15H18N2O5S/c1-21-10-15(6-3-7-15)14(18)17-23(19,20)13-5-4-11(9-16)8-12(13)22-2/h4-5,8H,3,6-7,10H2,1-2H3,(H,17,18). The van der Waals surface area contributed by atoms with Crippen LogP contribution in [0.2, 0.25) is 0 Å². The van der Waals surface area contributed by atoms with E-state index in [1.54, 1.807) is 0 Å². The van der Waals surface area contributed by atoms with Gasteiger partial charge < -0.3 is 9.47 Å². The predicted octanol–water partition coefficient (Wildman–Crippen LogP) is 1.19. The number of nitriles is 1. The molecule has 124 valence electrons. The zero-order valence-corrected chi connectivity index (χ0v) is 13.8. The molecule has 7 nitrogen and oxygen atoms in total. The largest absolute Gasteiger partial charge is 0.495 e. The van der Waals surface area contributed by atoms with Gasteiger partial charge in [-0.25, -0.2) is 13.1 Å². The van der Waals surface area contributed by atoms with Crippen molar-refractivity contribution >= 4 is 15.9 Å². The maximum Gasteiger partial charge on any atom is 0.267 e. The maximum atomic E-state index is 12.5. The summed E-state index contributed by atoms with van der Waals surface area (Å²) in [4.78, 5) is 12.2. The molecule has 2 rings (SSSR count). The Labute approximate surface area is 135 Å². The van der Waals surface area contributed by atoms with E-state index in [4.69, 9.17) is 14.7 Å². The van der Waals surface area contributed by atoms with Gasteiger partial charge >= 0.3 is 0 Å². The van der Waals surface area contributed by atoms with Gasteiger partial charge in [-0.1, -0.05) is 6.42 Å². The van der Waals surface area contributed by atoms with Crippen molar-refractivity contribution in [2.45, 2.75) is 24.2 Å². The molecule has 0 saturated heterocycles. The van der Waals surface area contributed by atoms with Crippen LogP contribution in [0.1, 0.15) is 24.8 Å². The first-order valence-electron chi connectivity index (χ1n) is 7.03. The molecule has 0 aliphatic heterocycles. The Balaban J connectivity index is 2.29. The highest BCUT2D eigenvalue weighted by Gasteiger charge is 2.45. The van der Waals surface area contributed by atoms with Crippen LogP contribution < -0.4 is 9.46 Å². The molecule has 1 aromatic carbocycles. The maximum absolute atomic E-state index is 12.5. The molecule has 23 heavy (non-hydrogen) atoms. The molecule has 1 aromatic rings. The van der Waals surface area contributed by atoms with E-state index in [-0.39, 0.29) is 22.8 Å². The molecule has 1 N–H and O–H groups in total. The van der Waals surface area contributed by atoms with E-state index in [1.807, 2.05) is 6.07 Å². The van der Waals surface area contributed by atoms with Gasteiger partial charge in [0.2, 0.25) is 5.91 Å². The first-order chi connectivity index (χ1) is 10.9. The van der Waals surface area contributed by atoms with Gasteiger partial charge in [0.15, 0.2) is 0 Å². The summed E-state index contributed by atoms with van der Waals surface area (Å²) in [5.41, 5.74) is -0.524. The van der Waals surface area contributed by atoms with Gasteiger partial charge in [0.1, 0.15) is 10.6 Å². The number of hydrogen-bond acceptors (Lipinski definition) is 6.